The Labute approximate surface area is 368 Å². The number of aromatic nitrogens is 2. The fraction of sp³-hybridized carbons (Fsp3) is 0. The van der Waals surface area contributed by atoms with E-state index in [4.69, 9.17) is 0 Å². The lowest BCUT2D eigenvalue weighted by molar-refractivity contribution is 1.13. The van der Waals surface area contributed by atoms with E-state index in [1.807, 2.05) is 0 Å². The summed E-state index contributed by atoms with van der Waals surface area (Å²) < 4.78 is 5.09. The maximum absolute atomic E-state index is 2.91. The summed E-state index contributed by atoms with van der Waals surface area (Å²) in [4.78, 5) is 0. The van der Waals surface area contributed by atoms with Gasteiger partial charge in [0.2, 0.25) is 0 Å². The van der Waals surface area contributed by atoms with Crippen molar-refractivity contribution in [2.75, 3.05) is 0 Å². The largest absolute Gasteiger partial charge is 0.307 e. The maximum atomic E-state index is 2.55. The van der Waals surface area contributed by atoms with Crippen molar-refractivity contribution in [3.63, 3.8) is 0 Å². The minimum Gasteiger partial charge on any atom is -0.307 e. The molecule has 0 saturated heterocycles. The fourth-order valence-corrected chi connectivity index (χ4v) is 15.4. The van der Waals surface area contributed by atoms with Crippen molar-refractivity contribution in [3.8, 4) is 33.6 Å². The second-order valence-corrected chi connectivity index (χ2v) is 20.2. The molecule has 0 N–H and O–H groups in total. The molecular formula is C60H42N2Si. The summed E-state index contributed by atoms with van der Waals surface area (Å²) >= 11 is 0. The summed E-state index contributed by atoms with van der Waals surface area (Å²) in [5, 5.41) is 10.5. The third-order valence-corrected chi connectivity index (χ3v) is 17.9. The molecule has 3 heteroatoms. The molecule has 2 nitrogen and oxygen atoms in total. The van der Waals surface area contributed by atoms with Crippen LogP contribution in [0.1, 0.15) is 0 Å². The zero-order valence-electron chi connectivity index (χ0n) is 34.6. The molecule has 0 bridgehead atoms. The highest BCUT2D eigenvalue weighted by Crippen LogP contribution is 2.42. The van der Waals surface area contributed by atoms with Crippen molar-refractivity contribution in [1.29, 1.82) is 0 Å². The van der Waals surface area contributed by atoms with E-state index >= 15 is 0 Å². The Morgan fingerprint density at radius 1 is 0.286 bits per heavy atom. The minimum atomic E-state index is -2.91. The van der Waals surface area contributed by atoms with Crippen molar-refractivity contribution in [2.45, 2.75) is 0 Å². The normalized spacial score (nSPS) is 11.8. The van der Waals surface area contributed by atoms with E-state index in [0.29, 0.717) is 0 Å². The first kappa shape index (κ1) is 36.8. The molecule has 10 aromatic carbocycles. The number of rotatable bonds is 8. The standard InChI is InChI=1S/C60H42N2Si/c1-6-22-43(23-7-1)45-40-41-50-51-34-20-38-56(60(51)62(57(50)42-45)53-35-18-16-32-49(53)44-24-8-2-9-25-44)61-54-36-19-17-33-52(54)59-55(61)37-21-39-58(59)63(46-26-10-3-11-27-46,47-28-12-4-13-29-47)48-30-14-5-15-31-48/h1-42H. The van der Waals surface area contributed by atoms with Gasteiger partial charge in [-0.15, -0.1) is 0 Å². The van der Waals surface area contributed by atoms with Gasteiger partial charge in [-0.2, -0.15) is 0 Å². The first-order valence-electron chi connectivity index (χ1n) is 21.8. The van der Waals surface area contributed by atoms with Crippen molar-refractivity contribution in [2.24, 2.45) is 0 Å². The molecule has 12 rings (SSSR count). The topological polar surface area (TPSA) is 9.86 Å². The Balaban J connectivity index is 1.23. The lowest BCUT2D eigenvalue weighted by Gasteiger charge is -2.35. The molecule has 0 radical (unpaired) electrons. The molecule has 296 valence electrons. The Hall–Kier alpha value is -7.98. The summed E-state index contributed by atoms with van der Waals surface area (Å²) in [5.41, 5.74) is 11.8. The van der Waals surface area contributed by atoms with Crippen LogP contribution < -0.4 is 20.7 Å². The van der Waals surface area contributed by atoms with E-state index in [1.165, 1.54) is 86.6 Å². The van der Waals surface area contributed by atoms with E-state index in [-0.39, 0.29) is 0 Å². The summed E-state index contributed by atoms with van der Waals surface area (Å²) in [6.07, 6.45) is 0. The molecule has 0 aliphatic heterocycles. The van der Waals surface area contributed by atoms with Crippen molar-refractivity contribution in [3.05, 3.63) is 255 Å². The summed E-state index contributed by atoms with van der Waals surface area (Å²) in [5.74, 6) is 0. The zero-order chi connectivity index (χ0) is 41.7. The molecule has 0 aliphatic carbocycles. The van der Waals surface area contributed by atoms with E-state index in [9.17, 15) is 0 Å². The van der Waals surface area contributed by atoms with Crippen LogP contribution in [0.5, 0.6) is 0 Å². The van der Waals surface area contributed by atoms with Gasteiger partial charge in [0.1, 0.15) is 0 Å². The van der Waals surface area contributed by atoms with Crippen LogP contribution in [0.4, 0.5) is 0 Å². The average Bonchev–Trinajstić information content (AvgIpc) is 3.89. The van der Waals surface area contributed by atoms with E-state index in [2.05, 4.69) is 264 Å². The highest BCUT2D eigenvalue weighted by molar-refractivity contribution is 7.20. The van der Waals surface area contributed by atoms with Crippen LogP contribution in [-0.4, -0.2) is 17.2 Å². The third kappa shape index (κ3) is 5.78. The van der Waals surface area contributed by atoms with Crippen LogP contribution in [0.2, 0.25) is 0 Å². The predicted octanol–water partition coefficient (Wildman–Crippen LogP) is 12.6. The van der Waals surface area contributed by atoms with Crippen molar-refractivity contribution < 1.29 is 0 Å². The number of benzene rings is 10. The molecule has 0 fully saturated rings. The van der Waals surface area contributed by atoms with Gasteiger partial charge in [0, 0.05) is 27.1 Å². The van der Waals surface area contributed by atoms with Crippen LogP contribution in [-0.2, 0) is 0 Å². The third-order valence-electron chi connectivity index (χ3n) is 13.1. The van der Waals surface area contributed by atoms with Gasteiger partial charge in [-0.3, -0.25) is 0 Å². The smallest absolute Gasteiger partial charge is 0.180 e. The molecule has 2 aromatic heterocycles. The molecule has 2 heterocycles. The highest BCUT2D eigenvalue weighted by atomic mass is 28.3. The van der Waals surface area contributed by atoms with Gasteiger partial charge in [-0.1, -0.05) is 224 Å². The Morgan fingerprint density at radius 3 is 1.46 bits per heavy atom. The van der Waals surface area contributed by atoms with Crippen molar-refractivity contribution in [1.82, 2.24) is 9.13 Å². The number of nitrogens with zero attached hydrogens (tertiary/aromatic N) is 2. The van der Waals surface area contributed by atoms with Gasteiger partial charge in [0.25, 0.3) is 0 Å². The van der Waals surface area contributed by atoms with Crippen LogP contribution in [0.25, 0.3) is 77.2 Å². The van der Waals surface area contributed by atoms with E-state index in [0.717, 1.165) is 11.4 Å². The molecule has 0 saturated carbocycles. The van der Waals surface area contributed by atoms with Gasteiger partial charge >= 0.3 is 0 Å². The molecule has 0 amide bonds. The average molecular weight is 819 g/mol. The number of hydrogen-bond donors (Lipinski definition) is 0. The summed E-state index contributed by atoms with van der Waals surface area (Å²) in [6.45, 7) is 0. The molecule has 0 unspecified atom stereocenters. The predicted molar refractivity (Wildman–Crippen MR) is 270 cm³/mol. The second-order valence-electron chi connectivity index (χ2n) is 16.4. The molecule has 0 aliphatic rings. The van der Waals surface area contributed by atoms with Crippen LogP contribution >= 0.6 is 0 Å². The number of hydrogen-bond acceptors (Lipinski definition) is 0. The monoisotopic (exact) mass is 818 g/mol. The molecule has 63 heavy (non-hydrogen) atoms. The quantitative estimate of drug-likeness (QED) is 0.107. The molecule has 0 spiro atoms. The first-order valence-corrected chi connectivity index (χ1v) is 23.8. The molecule has 0 atom stereocenters. The summed E-state index contributed by atoms with van der Waals surface area (Å²) in [6, 6.07) is 94.3. The first-order chi connectivity index (χ1) is 31.3. The van der Waals surface area contributed by atoms with E-state index < -0.39 is 8.07 Å². The van der Waals surface area contributed by atoms with Crippen LogP contribution in [0.3, 0.4) is 0 Å². The second kappa shape index (κ2) is 15.2. The fourth-order valence-electron chi connectivity index (χ4n) is 10.4. The Morgan fingerprint density at radius 2 is 0.794 bits per heavy atom. The lowest BCUT2D eigenvalue weighted by Crippen LogP contribution is -2.74. The zero-order valence-corrected chi connectivity index (χ0v) is 35.6. The van der Waals surface area contributed by atoms with Gasteiger partial charge in [-0.25, -0.2) is 0 Å². The minimum absolute atomic E-state index is 1.14. The number of fused-ring (bicyclic) bond motifs is 6. The van der Waals surface area contributed by atoms with Gasteiger partial charge in [0.15, 0.2) is 8.07 Å². The van der Waals surface area contributed by atoms with E-state index in [1.54, 1.807) is 0 Å². The Bertz CT molecular complexity index is 3500. The SMILES string of the molecule is c1ccc(-c2ccc3c4cccc(-n5c6ccccc6c6c([Si](c7ccccc7)(c7ccccc7)c7ccccc7)cccc65)c4n(-c4ccccc4-c4ccccc4)c3c2)cc1. The summed E-state index contributed by atoms with van der Waals surface area (Å²) in [7, 11) is -2.91. The van der Waals surface area contributed by atoms with Gasteiger partial charge in [-0.05, 0) is 67.8 Å². The van der Waals surface area contributed by atoms with Gasteiger partial charge < -0.3 is 9.13 Å². The van der Waals surface area contributed by atoms with Crippen LogP contribution in [0, 0.1) is 0 Å². The lowest BCUT2D eigenvalue weighted by atomic mass is 10.0. The highest BCUT2D eigenvalue weighted by Gasteiger charge is 2.43. The Kier molecular flexibility index (Phi) is 8.87. The van der Waals surface area contributed by atoms with Crippen LogP contribution in [0.15, 0.2) is 255 Å². The molecule has 12 aromatic rings. The maximum Gasteiger partial charge on any atom is 0.180 e. The van der Waals surface area contributed by atoms with Gasteiger partial charge in [0.05, 0.1) is 33.4 Å². The molecular weight excluding hydrogens is 777 g/mol. The number of para-hydroxylation sites is 3. The van der Waals surface area contributed by atoms with Crippen molar-refractivity contribution >= 4 is 72.4 Å².